The molecule has 0 radical (unpaired) electrons. The fourth-order valence-electron chi connectivity index (χ4n) is 1.73. The second kappa shape index (κ2) is 3.09. The highest BCUT2D eigenvalue weighted by Gasteiger charge is 2.34. The van der Waals surface area contributed by atoms with E-state index in [1.807, 2.05) is 6.92 Å². The summed E-state index contributed by atoms with van der Waals surface area (Å²) in [6.07, 6.45) is 2.52. The second-order valence-corrected chi connectivity index (χ2v) is 3.30. The highest BCUT2D eigenvalue weighted by Crippen LogP contribution is 2.28. The molecule has 0 amide bonds. The van der Waals surface area contributed by atoms with E-state index in [-0.39, 0.29) is 12.6 Å². The lowest BCUT2D eigenvalue weighted by Crippen LogP contribution is -2.47. The van der Waals surface area contributed by atoms with Crippen molar-refractivity contribution in [2.45, 2.75) is 32.3 Å². The van der Waals surface area contributed by atoms with Gasteiger partial charge in [-0.2, -0.15) is 0 Å². The zero-order valence-corrected chi connectivity index (χ0v) is 6.88. The van der Waals surface area contributed by atoms with Crippen LogP contribution in [0.5, 0.6) is 0 Å². The molecule has 0 spiro atoms. The van der Waals surface area contributed by atoms with Gasteiger partial charge in [-0.15, -0.1) is 0 Å². The van der Waals surface area contributed by atoms with E-state index in [1.54, 1.807) is 0 Å². The first-order valence-corrected chi connectivity index (χ1v) is 4.38. The number of hydrogen-bond donors (Lipinski definition) is 1. The maximum absolute atomic E-state index is 5.43. The minimum absolute atomic E-state index is 0.0369. The quantitative estimate of drug-likeness (QED) is 0.608. The summed E-state index contributed by atoms with van der Waals surface area (Å²) in [5, 5.41) is 3.32. The van der Waals surface area contributed by atoms with E-state index < -0.39 is 0 Å². The topological polar surface area (TPSA) is 30.5 Å². The van der Waals surface area contributed by atoms with Gasteiger partial charge in [0.25, 0.3) is 0 Å². The van der Waals surface area contributed by atoms with Gasteiger partial charge in [-0.1, -0.05) is 0 Å². The van der Waals surface area contributed by atoms with Crippen molar-refractivity contribution in [2.24, 2.45) is 5.92 Å². The molecular weight excluding hydrogens is 142 g/mol. The number of hydrogen-bond acceptors (Lipinski definition) is 3. The predicted octanol–water partition coefficient (Wildman–Crippen LogP) is 0.705. The van der Waals surface area contributed by atoms with Gasteiger partial charge in [0, 0.05) is 5.92 Å². The summed E-state index contributed by atoms with van der Waals surface area (Å²) in [5.41, 5.74) is 0. The standard InChI is InChI=1S/C8H15NO2/c1-6-10-8(11-6)7-2-4-9-5-3-7/h6-9H,2-5H2,1H3. The minimum Gasteiger partial charge on any atom is -0.324 e. The molecule has 0 aromatic rings. The van der Waals surface area contributed by atoms with Crippen molar-refractivity contribution in [3.63, 3.8) is 0 Å². The molecule has 1 N–H and O–H groups in total. The molecule has 0 bridgehead atoms. The summed E-state index contributed by atoms with van der Waals surface area (Å²) in [6, 6.07) is 0. The Kier molecular flexibility index (Phi) is 2.11. The van der Waals surface area contributed by atoms with Crippen LogP contribution in [-0.2, 0) is 9.47 Å². The third-order valence-electron chi connectivity index (χ3n) is 2.42. The zero-order valence-electron chi connectivity index (χ0n) is 6.88. The summed E-state index contributed by atoms with van der Waals surface area (Å²) in [4.78, 5) is 0. The van der Waals surface area contributed by atoms with Crippen LogP contribution in [0.2, 0.25) is 0 Å². The van der Waals surface area contributed by atoms with Crippen LogP contribution in [0.25, 0.3) is 0 Å². The third kappa shape index (κ3) is 1.55. The summed E-state index contributed by atoms with van der Waals surface area (Å²) < 4.78 is 10.9. The smallest absolute Gasteiger partial charge is 0.166 e. The van der Waals surface area contributed by atoms with Crippen molar-refractivity contribution in [1.82, 2.24) is 5.32 Å². The van der Waals surface area contributed by atoms with Gasteiger partial charge in [0.1, 0.15) is 0 Å². The lowest BCUT2D eigenvalue weighted by Gasteiger charge is -2.40. The van der Waals surface area contributed by atoms with Gasteiger partial charge in [-0.25, -0.2) is 0 Å². The molecule has 64 valence electrons. The fraction of sp³-hybridized carbons (Fsp3) is 1.00. The first kappa shape index (κ1) is 7.53. The largest absolute Gasteiger partial charge is 0.324 e. The van der Waals surface area contributed by atoms with Crippen LogP contribution in [0.3, 0.4) is 0 Å². The van der Waals surface area contributed by atoms with Crippen molar-refractivity contribution >= 4 is 0 Å². The summed E-state index contributed by atoms with van der Waals surface area (Å²) in [7, 11) is 0. The van der Waals surface area contributed by atoms with Crippen LogP contribution in [0, 0.1) is 5.92 Å². The van der Waals surface area contributed by atoms with E-state index in [9.17, 15) is 0 Å². The summed E-state index contributed by atoms with van der Waals surface area (Å²) in [5.74, 6) is 0.632. The Morgan fingerprint density at radius 3 is 2.36 bits per heavy atom. The Bertz CT molecular complexity index is 128. The first-order chi connectivity index (χ1) is 5.36. The molecule has 0 saturated carbocycles. The summed E-state index contributed by atoms with van der Waals surface area (Å²) in [6.45, 7) is 4.17. The average molecular weight is 157 g/mol. The van der Waals surface area contributed by atoms with Crippen molar-refractivity contribution in [2.75, 3.05) is 13.1 Å². The molecule has 0 aliphatic carbocycles. The molecule has 11 heavy (non-hydrogen) atoms. The minimum atomic E-state index is 0.0369. The molecule has 2 fully saturated rings. The molecule has 3 nitrogen and oxygen atoms in total. The first-order valence-electron chi connectivity index (χ1n) is 4.38. The van der Waals surface area contributed by atoms with Gasteiger partial charge in [0.05, 0.1) is 0 Å². The van der Waals surface area contributed by atoms with Gasteiger partial charge < -0.3 is 14.8 Å². The van der Waals surface area contributed by atoms with Crippen LogP contribution < -0.4 is 5.32 Å². The number of nitrogens with one attached hydrogen (secondary N) is 1. The van der Waals surface area contributed by atoms with Gasteiger partial charge >= 0.3 is 0 Å². The monoisotopic (exact) mass is 157 g/mol. The molecule has 0 aromatic heterocycles. The molecule has 2 rings (SSSR count). The van der Waals surface area contributed by atoms with Gasteiger partial charge in [0.15, 0.2) is 12.6 Å². The molecule has 0 aromatic carbocycles. The van der Waals surface area contributed by atoms with Gasteiger partial charge in [-0.3, -0.25) is 0 Å². The Morgan fingerprint density at radius 1 is 1.18 bits per heavy atom. The van der Waals surface area contributed by atoms with Crippen molar-refractivity contribution < 1.29 is 9.47 Å². The highest BCUT2D eigenvalue weighted by atomic mass is 16.9. The lowest BCUT2D eigenvalue weighted by atomic mass is 9.97. The maximum Gasteiger partial charge on any atom is 0.166 e. The van der Waals surface area contributed by atoms with Crippen LogP contribution in [-0.4, -0.2) is 25.7 Å². The molecule has 3 heteroatoms. The van der Waals surface area contributed by atoms with Crippen LogP contribution >= 0.6 is 0 Å². The van der Waals surface area contributed by atoms with Crippen LogP contribution in [0.15, 0.2) is 0 Å². The van der Waals surface area contributed by atoms with E-state index in [2.05, 4.69) is 5.32 Å². The van der Waals surface area contributed by atoms with Gasteiger partial charge in [-0.05, 0) is 32.9 Å². The van der Waals surface area contributed by atoms with Crippen molar-refractivity contribution in [3.8, 4) is 0 Å². The third-order valence-corrected chi connectivity index (χ3v) is 2.42. The molecular formula is C8H15NO2. The Morgan fingerprint density at radius 2 is 1.82 bits per heavy atom. The van der Waals surface area contributed by atoms with E-state index in [0.717, 1.165) is 13.1 Å². The van der Waals surface area contributed by atoms with E-state index in [0.29, 0.717) is 5.92 Å². The average Bonchev–Trinajstić information content (AvgIpc) is 2.01. The Balaban J connectivity index is 1.76. The van der Waals surface area contributed by atoms with Crippen molar-refractivity contribution in [3.05, 3.63) is 0 Å². The maximum atomic E-state index is 5.43. The highest BCUT2D eigenvalue weighted by molar-refractivity contribution is 4.74. The number of ether oxygens (including phenoxy) is 2. The predicted molar refractivity (Wildman–Crippen MR) is 41.0 cm³/mol. The number of rotatable bonds is 1. The molecule has 0 unspecified atom stereocenters. The van der Waals surface area contributed by atoms with E-state index in [1.165, 1.54) is 12.8 Å². The Labute approximate surface area is 67.1 Å². The van der Waals surface area contributed by atoms with E-state index >= 15 is 0 Å². The SMILES string of the molecule is CC1OC(C2CCNCC2)O1. The molecule has 2 aliphatic rings. The van der Waals surface area contributed by atoms with Gasteiger partial charge in [0.2, 0.25) is 0 Å². The van der Waals surface area contributed by atoms with Crippen LogP contribution in [0.1, 0.15) is 19.8 Å². The molecule has 2 heterocycles. The van der Waals surface area contributed by atoms with Crippen molar-refractivity contribution in [1.29, 1.82) is 0 Å². The molecule has 2 saturated heterocycles. The summed E-state index contributed by atoms with van der Waals surface area (Å²) >= 11 is 0. The normalized spacial score (nSPS) is 40.1. The molecule has 2 aliphatic heterocycles. The fourth-order valence-corrected chi connectivity index (χ4v) is 1.73. The number of piperidine rings is 1. The molecule has 0 atom stereocenters. The second-order valence-electron chi connectivity index (χ2n) is 3.30. The van der Waals surface area contributed by atoms with Crippen LogP contribution in [0.4, 0.5) is 0 Å². The Hall–Kier alpha value is -0.120. The van der Waals surface area contributed by atoms with E-state index in [4.69, 9.17) is 9.47 Å². The lowest BCUT2D eigenvalue weighted by molar-refractivity contribution is -0.393. The zero-order chi connectivity index (χ0) is 7.68.